The fraction of sp³-hybridized carbons (Fsp3) is 0.353. The van der Waals surface area contributed by atoms with Crippen molar-refractivity contribution in [3.63, 3.8) is 0 Å². The first-order chi connectivity index (χ1) is 10.9. The lowest BCUT2D eigenvalue weighted by Gasteiger charge is -2.21. The molecule has 0 unspecified atom stereocenters. The van der Waals surface area contributed by atoms with Crippen molar-refractivity contribution in [1.82, 2.24) is 0 Å². The summed E-state index contributed by atoms with van der Waals surface area (Å²) in [4.78, 5) is 4.44. The Morgan fingerprint density at radius 3 is 2.43 bits per heavy atom. The molecule has 0 saturated heterocycles. The average molecular weight is 342 g/mol. The van der Waals surface area contributed by atoms with Gasteiger partial charge in [-0.25, -0.2) is 0 Å². The summed E-state index contributed by atoms with van der Waals surface area (Å²) in [6, 6.07) is 3.01. The molecule has 0 fully saturated rings. The average Bonchev–Trinajstić information content (AvgIpc) is 2.66. The molecule has 0 radical (unpaired) electrons. The molecule has 1 N–H and O–H groups in total. The van der Waals surface area contributed by atoms with Gasteiger partial charge in [0.15, 0.2) is 0 Å². The molecule has 1 aromatic carbocycles. The van der Waals surface area contributed by atoms with E-state index in [9.17, 15) is 18.3 Å². The third-order valence-corrected chi connectivity index (χ3v) is 4.52. The number of rotatable bonds is 1. The van der Waals surface area contributed by atoms with Crippen molar-refractivity contribution in [2.24, 2.45) is 4.99 Å². The maximum absolute atomic E-state index is 12.8. The van der Waals surface area contributed by atoms with E-state index >= 15 is 0 Å². The number of benzene rings is 1. The van der Waals surface area contributed by atoms with Gasteiger partial charge in [-0.15, -0.1) is 0 Å². The Labute approximate surface area is 137 Å². The Kier molecular flexibility index (Phi) is 4.23. The highest BCUT2D eigenvalue weighted by molar-refractivity contribution is 6.33. The van der Waals surface area contributed by atoms with E-state index in [4.69, 9.17) is 11.6 Å². The molecule has 0 bridgehead atoms. The summed E-state index contributed by atoms with van der Waals surface area (Å²) in [5, 5.41) is 10.8. The second-order valence-electron chi connectivity index (χ2n) is 5.64. The van der Waals surface area contributed by atoms with Crippen LogP contribution in [0.25, 0.3) is 0 Å². The highest BCUT2D eigenvalue weighted by Gasteiger charge is 2.32. The minimum Gasteiger partial charge on any atom is -0.507 e. The third kappa shape index (κ3) is 3.15. The number of alkyl halides is 3. The Bertz CT molecular complexity index is 732. The highest BCUT2D eigenvalue weighted by Crippen LogP contribution is 2.38. The quantitative estimate of drug-likeness (QED) is 0.747. The molecule has 2 nitrogen and oxygen atoms in total. The molecule has 1 aliphatic carbocycles. The normalized spacial score (nSPS) is 19.0. The van der Waals surface area contributed by atoms with Crippen molar-refractivity contribution in [1.29, 1.82) is 0 Å². The van der Waals surface area contributed by atoms with Gasteiger partial charge in [0, 0.05) is 10.6 Å². The number of allylic oxidation sites excluding steroid dienone is 3. The van der Waals surface area contributed by atoms with Crippen LogP contribution in [0.2, 0.25) is 0 Å². The predicted octanol–water partition coefficient (Wildman–Crippen LogP) is 5.21. The van der Waals surface area contributed by atoms with Crippen molar-refractivity contribution >= 4 is 17.3 Å². The van der Waals surface area contributed by atoms with E-state index in [2.05, 4.69) is 4.99 Å². The number of aromatic hydroxyl groups is 1. The van der Waals surface area contributed by atoms with Crippen molar-refractivity contribution in [2.75, 3.05) is 6.54 Å². The first-order valence-electron chi connectivity index (χ1n) is 7.41. The lowest BCUT2D eigenvalue weighted by molar-refractivity contribution is -0.137. The Balaban J connectivity index is 2.08. The molecular formula is C17H15ClF3NO. The number of phenols is 1. The molecule has 6 heteroatoms. The van der Waals surface area contributed by atoms with Crippen LogP contribution < -0.4 is 0 Å². The summed E-state index contributed by atoms with van der Waals surface area (Å²) in [5.41, 5.74) is 1.94. The van der Waals surface area contributed by atoms with Crippen LogP contribution in [-0.4, -0.2) is 17.4 Å². The molecule has 23 heavy (non-hydrogen) atoms. The molecule has 1 aromatic rings. The summed E-state index contributed by atoms with van der Waals surface area (Å²) in [6.45, 7) is 0.349. The molecule has 0 spiro atoms. The van der Waals surface area contributed by atoms with E-state index in [0.29, 0.717) is 22.9 Å². The Hall–Kier alpha value is -1.75. The smallest absolute Gasteiger partial charge is 0.416 e. The van der Waals surface area contributed by atoms with Gasteiger partial charge in [-0.2, -0.15) is 13.2 Å². The van der Waals surface area contributed by atoms with E-state index < -0.39 is 17.5 Å². The van der Waals surface area contributed by atoms with Gasteiger partial charge in [0.1, 0.15) is 5.75 Å². The van der Waals surface area contributed by atoms with Gasteiger partial charge in [-0.3, -0.25) is 4.99 Å². The van der Waals surface area contributed by atoms with Gasteiger partial charge in [-0.1, -0.05) is 11.6 Å². The molecule has 3 rings (SSSR count). The van der Waals surface area contributed by atoms with Crippen LogP contribution in [0, 0.1) is 0 Å². The second kappa shape index (κ2) is 6.04. The van der Waals surface area contributed by atoms with Gasteiger partial charge < -0.3 is 5.11 Å². The summed E-state index contributed by atoms with van der Waals surface area (Å²) in [7, 11) is 0. The molecular weight excluding hydrogens is 327 g/mol. The summed E-state index contributed by atoms with van der Waals surface area (Å²) < 4.78 is 38.3. The largest absolute Gasteiger partial charge is 0.507 e. The van der Waals surface area contributed by atoms with Crippen LogP contribution in [0.3, 0.4) is 0 Å². The molecule has 0 aromatic heterocycles. The molecule has 1 aliphatic heterocycles. The fourth-order valence-electron chi connectivity index (χ4n) is 3.02. The van der Waals surface area contributed by atoms with Crippen molar-refractivity contribution in [3.05, 3.63) is 51.6 Å². The van der Waals surface area contributed by atoms with Crippen LogP contribution in [0.15, 0.2) is 45.4 Å². The van der Waals surface area contributed by atoms with Crippen LogP contribution in [0.4, 0.5) is 13.2 Å². The van der Waals surface area contributed by atoms with Gasteiger partial charge in [-0.05, 0) is 61.1 Å². The van der Waals surface area contributed by atoms with Crippen LogP contribution >= 0.6 is 11.6 Å². The second-order valence-corrected chi connectivity index (χ2v) is 6.04. The summed E-state index contributed by atoms with van der Waals surface area (Å²) in [6.07, 6.45) is 0.903. The van der Waals surface area contributed by atoms with Gasteiger partial charge in [0.2, 0.25) is 0 Å². The zero-order valence-electron chi connectivity index (χ0n) is 12.3. The zero-order valence-corrected chi connectivity index (χ0v) is 13.0. The van der Waals surface area contributed by atoms with Crippen molar-refractivity contribution in [3.8, 4) is 5.75 Å². The predicted molar refractivity (Wildman–Crippen MR) is 83.9 cm³/mol. The maximum Gasteiger partial charge on any atom is 0.416 e. The molecule has 0 amide bonds. The Morgan fingerprint density at radius 2 is 1.78 bits per heavy atom. The fourth-order valence-corrected chi connectivity index (χ4v) is 3.30. The third-order valence-electron chi connectivity index (χ3n) is 4.14. The van der Waals surface area contributed by atoms with Gasteiger partial charge >= 0.3 is 6.18 Å². The molecule has 2 aliphatic rings. The van der Waals surface area contributed by atoms with Gasteiger partial charge in [0.05, 0.1) is 17.8 Å². The lowest BCUT2D eigenvalue weighted by atomic mass is 9.86. The van der Waals surface area contributed by atoms with E-state index in [0.717, 1.165) is 49.0 Å². The standard InChI is InChI=1S/C17H15ClF3NO/c18-14-7-8-22-16(12-4-2-1-3-11(12)14)13-6-5-10(9-15(13)23)17(19,20)21/h5-7,9,23H,1-4,8H2. The van der Waals surface area contributed by atoms with Crippen LogP contribution in [0.1, 0.15) is 36.8 Å². The van der Waals surface area contributed by atoms with Crippen molar-refractivity contribution < 1.29 is 18.3 Å². The number of hydrogen-bond donors (Lipinski definition) is 1. The number of hydrogen-bond acceptors (Lipinski definition) is 2. The van der Waals surface area contributed by atoms with E-state index in [1.165, 1.54) is 6.07 Å². The molecule has 1 heterocycles. The SMILES string of the molecule is Oc1cc(C(F)(F)F)ccc1C1=NCC=C(Cl)C2=C1CCCC2. The molecule has 0 atom stereocenters. The first kappa shape index (κ1) is 16.1. The summed E-state index contributed by atoms with van der Waals surface area (Å²) >= 11 is 6.29. The van der Waals surface area contributed by atoms with E-state index in [1.54, 1.807) is 6.08 Å². The van der Waals surface area contributed by atoms with Crippen LogP contribution in [-0.2, 0) is 6.18 Å². The van der Waals surface area contributed by atoms with E-state index in [1.807, 2.05) is 0 Å². The summed E-state index contributed by atoms with van der Waals surface area (Å²) in [5.74, 6) is -0.408. The van der Waals surface area contributed by atoms with Crippen molar-refractivity contribution in [2.45, 2.75) is 31.9 Å². The molecule has 122 valence electrons. The monoisotopic (exact) mass is 341 g/mol. The number of aliphatic imine (C=N–C) groups is 1. The topological polar surface area (TPSA) is 32.6 Å². The Morgan fingerprint density at radius 1 is 1.09 bits per heavy atom. The minimum atomic E-state index is -4.48. The lowest BCUT2D eigenvalue weighted by Crippen LogP contribution is -2.13. The highest BCUT2D eigenvalue weighted by atomic mass is 35.5. The number of halogens is 4. The molecule has 0 saturated carbocycles. The van der Waals surface area contributed by atoms with E-state index in [-0.39, 0.29) is 0 Å². The first-order valence-corrected chi connectivity index (χ1v) is 7.79. The van der Waals surface area contributed by atoms with Gasteiger partial charge in [0.25, 0.3) is 0 Å². The minimum absolute atomic E-state index is 0.326. The van der Waals surface area contributed by atoms with Crippen LogP contribution in [0.5, 0.6) is 5.75 Å². The zero-order chi connectivity index (χ0) is 16.6. The number of nitrogens with zero attached hydrogens (tertiary/aromatic N) is 1. The maximum atomic E-state index is 12.8. The number of phenolic OH excluding ortho intramolecular Hbond substituents is 1.